The molecule has 0 saturated carbocycles. The highest BCUT2D eigenvalue weighted by Crippen LogP contribution is 2.24. The van der Waals surface area contributed by atoms with Crippen molar-refractivity contribution >= 4 is 15.8 Å². The van der Waals surface area contributed by atoms with Crippen LogP contribution in [0.15, 0.2) is 57.9 Å². The Morgan fingerprint density at radius 1 is 1.00 bits per heavy atom. The van der Waals surface area contributed by atoms with E-state index in [-0.39, 0.29) is 16.5 Å². The number of rotatable bonds is 4. The lowest BCUT2D eigenvalue weighted by Gasteiger charge is -2.07. The molecule has 0 aliphatic rings. The van der Waals surface area contributed by atoms with E-state index in [1.807, 2.05) is 0 Å². The zero-order chi connectivity index (χ0) is 17.3. The Kier molecular flexibility index (Phi) is 4.11. The van der Waals surface area contributed by atoms with Crippen LogP contribution in [0, 0.1) is 19.7 Å². The van der Waals surface area contributed by atoms with Gasteiger partial charge in [0.05, 0.1) is 4.90 Å². The molecule has 1 aromatic heterocycles. The topological polar surface area (TPSA) is 72.2 Å². The lowest BCUT2D eigenvalue weighted by Crippen LogP contribution is -2.13. The molecule has 0 amide bonds. The number of hydrogen-bond donors (Lipinski definition) is 1. The molecule has 0 fully saturated rings. The number of sulfonamides is 1. The van der Waals surface area contributed by atoms with Gasteiger partial charge >= 0.3 is 0 Å². The van der Waals surface area contributed by atoms with Crippen molar-refractivity contribution in [3.05, 3.63) is 65.7 Å². The first-order chi connectivity index (χ1) is 11.3. The monoisotopic (exact) mass is 346 g/mol. The minimum absolute atomic E-state index is 0.103. The first-order valence-corrected chi connectivity index (χ1v) is 8.66. The standard InChI is InChI=1S/C17H15FN2O3S/c1-11-9-14(5-8-16(11)18)13-3-6-15(7-4-13)24(21,22)20-17-10-12(2)23-19-17/h3-10H,1-2H3,(H,19,20). The Morgan fingerprint density at radius 2 is 1.67 bits per heavy atom. The lowest BCUT2D eigenvalue weighted by molar-refractivity contribution is 0.400. The summed E-state index contributed by atoms with van der Waals surface area (Å²) >= 11 is 0. The molecule has 7 heteroatoms. The third kappa shape index (κ3) is 3.30. The zero-order valence-corrected chi connectivity index (χ0v) is 13.9. The summed E-state index contributed by atoms with van der Waals surface area (Å²) in [6, 6.07) is 12.6. The van der Waals surface area contributed by atoms with Crippen molar-refractivity contribution in [2.24, 2.45) is 0 Å². The highest BCUT2D eigenvalue weighted by Gasteiger charge is 2.16. The van der Waals surface area contributed by atoms with Gasteiger partial charge in [-0.25, -0.2) is 12.8 Å². The van der Waals surface area contributed by atoms with Gasteiger partial charge < -0.3 is 4.52 Å². The second-order valence-corrected chi connectivity index (χ2v) is 7.10. The van der Waals surface area contributed by atoms with Gasteiger partial charge in [-0.15, -0.1) is 0 Å². The molecule has 1 heterocycles. The fraction of sp³-hybridized carbons (Fsp3) is 0.118. The Bertz CT molecular complexity index is 979. The van der Waals surface area contributed by atoms with Gasteiger partial charge in [0.25, 0.3) is 10.0 Å². The molecule has 3 aromatic rings. The normalized spacial score (nSPS) is 11.5. The maximum absolute atomic E-state index is 13.3. The zero-order valence-electron chi connectivity index (χ0n) is 13.1. The highest BCUT2D eigenvalue weighted by molar-refractivity contribution is 7.92. The molecule has 2 aromatic carbocycles. The number of halogens is 1. The minimum atomic E-state index is -3.75. The van der Waals surface area contributed by atoms with E-state index in [1.165, 1.54) is 24.3 Å². The van der Waals surface area contributed by atoms with Crippen LogP contribution in [0.25, 0.3) is 11.1 Å². The van der Waals surface area contributed by atoms with Crippen LogP contribution in [0.1, 0.15) is 11.3 Å². The summed E-state index contributed by atoms with van der Waals surface area (Å²) in [6.45, 7) is 3.35. The predicted molar refractivity (Wildman–Crippen MR) is 88.6 cm³/mol. The average molecular weight is 346 g/mol. The molecule has 0 atom stereocenters. The Balaban J connectivity index is 1.86. The number of aromatic nitrogens is 1. The van der Waals surface area contributed by atoms with Crippen molar-refractivity contribution in [2.75, 3.05) is 4.72 Å². The second-order valence-electron chi connectivity index (χ2n) is 5.42. The van der Waals surface area contributed by atoms with Gasteiger partial charge in [0.15, 0.2) is 5.82 Å². The number of hydrogen-bond acceptors (Lipinski definition) is 4. The quantitative estimate of drug-likeness (QED) is 0.778. The first kappa shape index (κ1) is 16.2. The number of nitrogens with zero attached hydrogens (tertiary/aromatic N) is 1. The van der Waals surface area contributed by atoms with Gasteiger partial charge in [-0.05, 0) is 54.8 Å². The smallest absolute Gasteiger partial charge is 0.263 e. The number of nitrogens with one attached hydrogen (secondary N) is 1. The molecule has 0 aliphatic carbocycles. The Hall–Kier alpha value is -2.67. The highest BCUT2D eigenvalue weighted by atomic mass is 32.2. The lowest BCUT2D eigenvalue weighted by atomic mass is 10.0. The number of anilines is 1. The molecular formula is C17H15FN2O3S. The van der Waals surface area contributed by atoms with Crippen LogP contribution in [0.2, 0.25) is 0 Å². The molecule has 0 unspecified atom stereocenters. The third-order valence-corrected chi connectivity index (χ3v) is 4.89. The maximum Gasteiger partial charge on any atom is 0.263 e. The van der Waals surface area contributed by atoms with E-state index in [2.05, 4.69) is 9.88 Å². The predicted octanol–water partition coefficient (Wildman–Crippen LogP) is 3.90. The van der Waals surface area contributed by atoms with E-state index in [0.29, 0.717) is 11.3 Å². The molecule has 0 spiro atoms. The van der Waals surface area contributed by atoms with Crippen LogP contribution < -0.4 is 4.72 Å². The van der Waals surface area contributed by atoms with Crippen molar-refractivity contribution in [3.8, 4) is 11.1 Å². The van der Waals surface area contributed by atoms with E-state index < -0.39 is 10.0 Å². The summed E-state index contributed by atoms with van der Waals surface area (Å²) in [5.74, 6) is 0.366. The molecule has 0 bridgehead atoms. The van der Waals surface area contributed by atoms with E-state index in [0.717, 1.165) is 11.1 Å². The van der Waals surface area contributed by atoms with Gasteiger partial charge in [-0.3, -0.25) is 4.72 Å². The molecule has 0 saturated heterocycles. The summed E-state index contributed by atoms with van der Waals surface area (Å²) in [5, 5.41) is 3.61. The minimum Gasteiger partial charge on any atom is -0.360 e. The number of benzene rings is 2. The van der Waals surface area contributed by atoms with Crippen molar-refractivity contribution < 1.29 is 17.3 Å². The second kappa shape index (κ2) is 6.09. The fourth-order valence-electron chi connectivity index (χ4n) is 2.26. The van der Waals surface area contributed by atoms with Crippen LogP contribution in [-0.4, -0.2) is 13.6 Å². The molecule has 5 nitrogen and oxygen atoms in total. The van der Waals surface area contributed by atoms with Gasteiger partial charge in [-0.1, -0.05) is 23.4 Å². The molecular weight excluding hydrogens is 331 g/mol. The summed E-state index contributed by atoms with van der Waals surface area (Å²) in [5.41, 5.74) is 2.15. The third-order valence-electron chi connectivity index (χ3n) is 3.52. The van der Waals surface area contributed by atoms with Crippen molar-refractivity contribution in [3.63, 3.8) is 0 Å². The van der Waals surface area contributed by atoms with Crippen molar-refractivity contribution in [1.29, 1.82) is 0 Å². The summed E-state index contributed by atoms with van der Waals surface area (Å²) in [7, 11) is -3.75. The Labute approximate surface area is 139 Å². The van der Waals surface area contributed by atoms with E-state index in [1.54, 1.807) is 38.1 Å². The van der Waals surface area contributed by atoms with Crippen molar-refractivity contribution in [1.82, 2.24) is 5.16 Å². The molecule has 0 aliphatic heterocycles. The summed E-state index contributed by atoms with van der Waals surface area (Å²) in [6.07, 6.45) is 0. The fourth-order valence-corrected chi connectivity index (χ4v) is 3.25. The van der Waals surface area contributed by atoms with Crippen LogP contribution >= 0.6 is 0 Å². The van der Waals surface area contributed by atoms with Gasteiger partial charge in [0.1, 0.15) is 11.6 Å². The molecule has 0 radical (unpaired) electrons. The van der Waals surface area contributed by atoms with E-state index >= 15 is 0 Å². The molecule has 124 valence electrons. The van der Waals surface area contributed by atoms with E-state index in [4.69, 9.17) is 4.52 Å². The van der Waals surface area contributed by atoms with Crippen LogP contribution in [-0.2, 0) is 10.0 Å². The van der Waals surface area contributed by atoms with Crippen LogP contribution in [0.4, 0.5) is 10.2 Å². The summed E-state index contributed by atoms with van der Waals surface area (Å²) < 4.78 is 45.2. The SMILES string of the molecule is Cc1cc(NS(=O)(=O)c2ccc(-c3ccc(F)c(C)c3)cc2)no1. The average Bonchev–Trinajstić information content (AvgIpc) is 2.94. The van der Waals surface area contributed by atoms with E-state index in [9.17, 15) is 12.8 Å². The maximum atomic E-state index is 13.3. The largest absolute Gasteiger partial charge is 0.360 e. The van der Waals surface area contributed by atoms with Gasteiger partial charge in [0.2, 0.25) is 0 Å². The summed E-state index contributed by atoms with van der Waals surface area (Å²) in [4.78, 5) is 0.103. The molecule has 1 N–H and O–H groups in total. The Morgan fingerprint density at radius 3 is 2.25 bits per heavy atom. The van der Waals surface area contributed by atoms with Crippen LogP contribution in [0.5, 0.6) is 0 Å². The number of aryl methyl sites for hydroxylation is 2. The van der Waals surface area contributed by atoms with Crippen LogP contribution in [0.3, 0.4) is 0 Å². The molecule has 3 rings (SSSR count). The van der Waals surface area contributed by atoms with Gasteiger partial charge in [-0.2, -0.15) is 0 Å². The van der Waals surface area contributed by atoms with Crippen molar-refractivity contribution in [2.45, 2.75) is 18.7 Å². The first-order valence-electron chi connectivity index (χ1n) is 7.18. The van der Waals surface area contributed by atoms with Gasteiger partial charge in [0, 0.05) is 6.07 Å². The molecule has 24 heavy (non-hydrogen) atoms.